The number of nitrogens with zero attached hydrogens (tertiary/aromatic N) is 1. The predicted molar refractivity (Wildman–Crippen MR) is 178 cm³/mol. The molecule has 1 N–H and O–H groups in total. The van der Waals surface area contributed by atoms with Crippen LogP contribution < -0.4 is 5.32 Å². The van der Waals surface area contributed by atoms with E-state index in [1.165, 1.54) is 0 Å². The van der Waals surface area contributed by atoms with Crippen LogP contribution >= 0.6 is 0 Å². The number of likely N-dealkylation sites (tertiary alicyclic amines) is 1. The molecule has 2 aromatic carbocycles. The van der Waals surface area contributed by atoms with Gasteiger partial charge in [0.15, 0.2) is 0 Å². The number of rotatable bonds is 25. The lowest BCUT2D eigenvalue weighted by Gasteiger charge is -2.41. The topological polar surface area (TPSA) is 97.0 Å². The summed E-state index contributed by atoms with van der Waals surface area (Å²) in [6.07, 6.45) is -3.18. The van der Waals surface area contributed by atoms with Crippen molar-refractivity contribution in [3.05, 3.63) is 70.8 Å². The first-order valence-electron chi connectivity index (χ1n) is 17.1. The smallest absolute Gasteiger partial charge is 0.379 e. The normalized spacial score (nSPS) is 17.0. The molecular weight excluding hydrogens is 645 g/mol. The van der Waals surface area contributed by atoms with Crippen molar-refractivity contribution in [2.24, 2.45) is 0 Å². The molecule has 0 aliphatic carbocycles. The molecule has 10 nitrogen and oxygen atoms in total. The van der Waals surface area contributed by atoms with Crippen molar-refractivity contribution in [1.82, 2.24) is 10.2 Å². The van der Waals surface area contributed by atoms with Gasteiger partial charge in [-0.05, 0) is 56.5 Å². The Labute approximate surface area is 288 Å². The van der Waals surface area contributed by atoms with Crippen molar-refractivity contribution in [3.8, 4) is 0 Å². The lowest BCUT2D eigenvalue weighted by molar-refractivity contribution is -0.137. The van der Waals surface area contributed by atoms with Gasteiger partial charge in [-0.15, -0.1) is 0 Å². The van der Waals surface area contributed by atoms with E-state index in [0.717, 1.165) is 30.5 Å². The number of halogens is 3. The third-order valence-corrected chi connectivity index (χ3v) is 7.73. The first-order valence-corrected chi connectivity index (χ1v) is 17.1. The summed E-state index contributed by atoms with van der Waals surface area (Å²) in [5.74, 6) is -0.134. The molecule has 0 saturated carbocycles. The second kappa shape index (κ2) is 23.7. The summed E-state index contributed by atoms with van der Waals surface area (Å²) in [7, 11) is 0. The van der Waals surface area contributed by atoms with E-state index in [4.69, 9.17) is 33.2 Å². The van der Waals surface area contributed by atoms with Crippen LogP contribution in [0.1, 0.15) is 48.1 Å². The van der Waals surface area contributed by atoms with Gasteiger partial charge in [0.25, 0.3) is 0 Å². The number of carbonyl (C=O) groups is 1. The molecule has 276 valence electrons. The van der Waals surface area contributed by atoms with Gasteiger partial charge in [0.2, 0.25) is 5.91 Å². The van der Waals surface area contributed by atoms with Crippen molar-refractivity contribution >= 4 is 5.91 Å². The molecule has 2 unspecified atom stereocenters. The van der Waals surface area contributed by atoms with Crippen LogP contribution in [0.3, 0.4) is 0 Å². The van der Waals surface area contributed by atoms with E-state index in [2.05, 4.69) is 10.2 Å². The van der Waals surface area contributed by atoms with Gasteiger partial charge in [0.1, 0.15) is 0 Å². The fourth-order valence-electron chi connectivity index (χ4n) is 5.51. The van der Waals surface area contributed by atoms with E-state index in [1.807, 2.05) is 37.3 Å². The lowest BCUT2D eigenvalue weighted by Crippen LogP contribution is -2.47. The Balaban J connectivity index is 1.29. The molecular formula is C36H53F3N2O8. The fourth-order valence-corrected chi connectivity index (χ4v) is 5.51. The van der Waals surface area contributed by atoms with Gasteiger partial charge in [-0.3, -0.25) is 9.69 Å². The molecule has 0 spiro atoms. The number of benzene rings is 2. The van der Waals surface area contributed by atoms with E-state index in [9.17, 15) is 18.0 Å². The molecule has 1 aliphatic rings. The van der Waals surface area contributed by atoms with Crippen LogP contribution in [-0.4, -0.2) is 116 Å². The molecule has 0 bridgehead atoms. The summed E-state index contributed by atoms with van der Waals surface area (Å²) in [4.78, 5) is 15.0. The van der Waals surface area contributed by atoms with Crippen LogP contribution in [0, 0.1) is 6.92 Å². The predicted octanol–water partition coefficient (Wildman–Crippen LogP) is 4.97. The minimum Gasteiger partial charge on any atom is -0.379 e. The van der Waals surface area contributed by atoms with Crippen molar-refractivity contribution in [2.45, 2.75) is 51.6 Å². The molecule has 1 fully saturated rings. The molecule has 49 heavy (non-hydrogen) atoms. The van der Waals surface area contributed by atoms with E-state index in [0.29, 0.717) is 103 Å². The van der Waals surface area contributed by atoms with Gasteiger partial charge in [0, 0.05) is 13.2 Å². The van der Waals surface area contributed by atoms with Gasteiger partial charge in [-0.2, -0.15) is 13.2 Å². The number of amides is 1. The summed E-state index contributed by atoms with van der Waals surface area (Å²) in [5.41, 5.74) is 1.32. The average Bonchev–Trinajstić information content (AvgIpc) is 3.08. The summed E-state index contributed by atoms with van der Waals surface area (Å²) in [6.45, 7) is 10.8. The Hall–Kier alpha value is -2.62. The molecule has 13 heteroatoms. The largest absolute Gasteiger partial charge is 0.416 e. The summed E-state index contributed by atoms with van der Waals surface area (Å²) in [6, 6.07) is 13.6. The highest BCUT2D eigenvalue weighted by Gasteiger charge is 2.35. The molecule has 0 radical (unpaired) electrons. The van der Waals surface area contributed by atoms with Crippen LogP contribution in [0.15, 0.2) is 48.5 Å². The molecule has 1 saturated heterocycles. The van der Waals surface area contributed by atoms with E-state index in [1.54, 1.807) is 13.0 Å². The van der Waals surface area contributed by atoms with Crippen molar-refractivity contribution < 1.29 is 51.1 Å². The third kappa shape index (κ3) is 16.8. The molecule has 0 aromatic heterocycles. The Kier molecular flexibility index (Phi) is 19.8. The Bertz CT molecular complexity index is 1170. The SMILES string of the molecule is CCOCCOCCOCCOCCOCCOCCNC(=O)CN1CCCC(OCc2cc(C)cc(C(F)(F)F)c2)C1c1ccccc1. The second-order valence-corrected chi connectivity index (χ2v) is 11.6. The molecule has 1 heterocycles. The number of hydrogen-bond donors (Lipinski definition) is 1. The van der Waals surface area contributed by atoms with Gasteiger partial charge in [0.05, 0.1) is 104 Å². The number of nitrogens with one attached hydrogen (secondary N) is 1. The van der Waals surface area contributed by atoms with Gasteiger partial charge < -0.3 is 38.5 Å². The lowest BCUT2D eigenvalue weighted by atomic mass is 9.92. The zero-order valence-electron chi connectivity index (χ0n) is 28.8. The summed E-state index contributed by atoms with van der Waals surface area (Å²) in [5, 5.41) is 2.92. The van der Waals surface area contributed by atoms with Gasteiger partial charge >= 0.3 is 6.18 Å². The van der Waals surface area contributed by atoms with Crippen LogP contribution in [0.2, 0.25) is 0 Å². The number of ether oxygens (including phenoxy) is 7. The first-order chi connectivity index (χ1) is 23.8. The summed E-state index contributed by atoms with van der Waals surface area (Å²) >= 11 is 0. The van der Waals surface area contributed by atoms with E-state index in [-0.39, 0.29) is 31.2 Å². The maximum Gasteiger partial charge on any atom is 0.416 e. The highest BCUT2D eigenvalue weighted by atomic mass is 19.4. The number of carbonyl (C=O) groups excluding carboxylic acids is 1. The maximum atomic E-state index is 13.4. The van der Waals surface area contributed by atoms with Crippen LogP contribution in [-0.2, 0) is 50.7 Å². The second-order valence-electron chi connectivity index (χ2n) is 11.6. The standard InChI is InChI=1S/C36H53F3N2O8/c1-3-43-14-15-45-18-19-47-22-23-48-21-20-46-17-16-44-13-11-40-34(42)27-41-12-7-10-33(35(41)31-8-5-4-6-9-31)49-28-30-24-29(2)25-32(26-30)36(37,38)39/h4-6,8-9,24-26,33,35H,3,7,10-23,27-28H2,1-2H3,(H,40,42). The van der Waals surface area contributed by atoms with Crippen LogP contribution in [0.4, 0.5) is 13.2 Å². The Morgan fingerprint density at radius 3 is 1.96 bits per heavy atom. The quantitative estimate of drug-likeness (QED) is 0.144. The van der Waals surface area contributed by atoms with Gasteiger partial charge in [-0.1, -0.05) is 42.0 Å². The highest BCUT2D eigenvalue weighted by Crippen LogP contribution is 2.35. The Morgan fingerprint density at radius 1 is 0.816 bits per heavy atom. The van der Waals surface area contributed by atoms with E-state index < -0.39 is 11.7 Å². The average molecular weight is 699 g/mol. The van der Waals surface area contributed by atoms with Crippen LogP contribution in [0.5, 0.6) is 0 Å². The van der Waals surface area contributed by atoms with Crippen LogP contribution in [0.25, 0.3) is 0 Å². The zero-order chi connectivity index (χ0) is 35.2. The molecule has 2 aromatic rings. The summed E-state index contributed by atoms with van der Waals surface area (Å²) < 4.78 is 79.0. The minimum absolute atomic E-state index is 0.0500. The fraction of sp³-hybridized carbons (Fsp3) is 0.639. The highest BCUT2D eigenvalue weighted by molar-refractivity contribution is 5.78. The monoisotopic (exact) mass is 698 g/mol. The van der Waals surface area contributed by atoms with E-state index >= 15 is 0 Å². The molecule has 1 aliphatic heterocycles. The third-order valence-electron chi connectivity index (χ3n) is 7.73. The minimum atomic E-state index is -4.42. The van der Waals surface area contributed by atoms with Gasteiger partial charge in [-0.25, -0.2) is 0 Å². The van der Waals surface area contributed by atoms with Crippen molar-refractivity contribution in [3.63, 3.8) is 0 Å². The molecule has 3 rings (SSSR count). The first kappa shape index (κ1) is 40.8. The molecule has 2 atom stereocenters. The number of hydrogen-bond acceptors (Lipinski definition) is 9. The maximum absolute atomic E-state index is 13.4. The van der Waals surface area contributed by atoms with Crippen molar-refractivity contribution in [1.29, 1.82) is 0 Å². The Morgan fingerprint density at radius 2 is 1.39 bits per heavy atom. The zero-order valence-corrected chi connectivity index (χ0v) is 28.8. The number of aryl methyl sites for hydroxylation is 1. The number of alkyl halides is 3. The molecule has 1 amide bonds. The van der Waals surface area contributed by atoms with Crippen molar-refractivity contribution in [2.75, 3.05) is 98.9 Å². The number of piperidine rings is 1.